The first-order valence-electron chi connectivity index (χ1n) is 7.11. The van der Waals surface area contributed by atoms with Gasteiger partial charge in [0.25, 0.3) is 0 Å². The van der Waals surface area contributed by atoms with Gasteiger partial charge in [0, 0.05) is 12.2 Å². The molecule has 3 nitrogen and oxygen atoms in total. The lowest BCUT2D eigenvalue weighted by atomic mass is 10.0. The van der Waals surface area contributed by atoms with Gasteiger partial charge in [-0.15, -0.1) is 0 Å². The summed E-state index contributed by atoms with van der Waals surface area (Å²) in [5.74, 6) is 0.773. The summed E-state index contributed by atoms with van der Waals surface area (Å²) in [5, 5.41) is 6.03. The molecule has 0 radical (unpaired) electrons. The Morgan fingerprint density at radius 1 is 1.21 bits per heavy atom. The fraction of sp³-hybridized carbons (Fsp3) is 0.562. The third kappa shape index (κ3) is 5.43. The first-order chi connectivity index (χ1) is 9.06. The molecule has 0 fully saturated rings. The van der Waals surface area contributed by atoms with Crippen LogP contribution in [0.3, 0.4) is 0 Å². The van der Waals surface area contributed by atoms with E-state index in [2.05, 4.69) is 36.6 Å². The molecule has 0 saturated heterocycles. The molecule has 0 spiro atoms. The first kappa shape index (κ1) is 15.7. The molecule has 19 heavy (non-hydrogen) atoms. The van der Waals surface area contributed by atoms with Crippen molar-refractivity contribution in [3.8, 4) is 0 Å². The minimum absolute atomic E-state index is 0.0281. The molecule has 0 bridgehead atoms. The molecule has 0 aliphatic heterocycles. The fourth-order valence-corrected chi connectivity index (χ4v) is 2.11. The van der Waals surface area contributed by atoms with E-state index in [9.17, 15) is 4.79 Å². The van der Waals surface area contributed by atoms with Crippen LogP contribution in [0, 0.1) is 11.8 Å². The molecule has 106 valence electrons. The van der Waals surface area contributed by atoms with Crippen molar-refractivity contribution in [3.05, 3.63) is 29.8 Å². The van der Waals surface area contributed by atoms with Crippen LogP contribution < -0.4 is 10.6 Å². The highest BCUT2D eigenvalue weighted by atomic mass is 16.1. The summed E-state index contributed by atoms with van der Waals surface area (Å²) in [4.78, 5) is 12.0. The molecule has 0 aliphatic carbocycles. The number of benzene rings is 1. The summed E-state index contributed by atoms with van der Waals surface area (Å²) < 4.78 is 0. The highest BCUT2D eigenvalue weighted by Gasteiger charge is 2.15. The van der Waals surface area contributed by atoms with Crippen molar-refractivity contribution in [2.24, 2.45) is 11.8 Å². The Kier molecular flexibility index (Phi) is 6.57. The number of hydrogen-bond donors (Lipinski definition) is 2. The molecule has 1 aromatic carbocycles. The third-order valence-electron chi connectivity index (χ3n) is 3.18. The summed E-state index contributed by atoms with van der Waals surface area (Å²) in [5.41, 5.74) is 2.20. The molecule has 1 rings (SSSR count). The number of hydrogen-bond acceptors (Lipinski definition) is 2. The van der Waals surface area contributed by atoms with Crippen molar-refractivity contribution in [3.63, 3.8) is 0 Å². The lowest BCUT2D eigenvalue weighted by Gasteiger charge is -2.14. The topological polar surface area (TPSA) is 41.1 Å². The molecule has 0 saturated carbocycles. The van der Waals surface area contributed by atoms with Gasteiger partial charge in [-0.3, -0.25) is 4.79 Å². The maximum absolute atomic E-state index is 12.0. The van der Waals surface area contributed by atoms with E-state index in [1.165, 1.54) is 5.56 Å². The van der Waals surface area contributed by atoms with E-state index in [0.717, 1.165) is 18.5 Å². The Labute approximate surface area is 116 Å². The van der Waals surface area contributed by atoms with Crippen molar-refractivity contribution >= 4 is 11.6 Å². The number of anilines is 1. The fourth-order valence-electron chi connectivity index (χ4n) is 2.11. The summed E-state index contributed by atoms with van der Waals surface area (Å²) in [6, 6.07) is 8.16. The van der Waals surface area contributed by atoms with E-state index in [4.69, 9.17) is 0 Å². The maximum atomic E-state index is 12.0. The predicted octanol–water partition coefficient (Wildman–Crippen LogP) is 3.07. The van der Waals surface area contributed by atoms with Gasteiger partial charge in [0.05, 0.1) is 5.92 Å². The molecule has 1 atom stereocenters. The van der Waals surface area contributed by atoms with Gasteiger partial charge in [0.2, 0.25) is 5.91 Å². The van der Waals surface area contributed by atoms with Crippen LogP contribution in [0.1, 0.15) is 32.8 Å². The average molecular weight is 262 g/mol. The van der Waals surface area contributed by atoms with Crippen molar-refractivity contribution in [1.29, 1.82) is 0 Å². The quantitative estimate of drug-likeness (QED) is 0.793. The number of nitrogens with one attached hydrogen (secondary N) is 2. The van der Waals surface area contributed by atoms with Crippen LogP contribution in [0.5, 0.6) is 0 Å². The molecule has 0 aromatic heterocycles. The van der Waals surface area contributed by atoms with E-state index >= 15 is 0 Å². The van der Waals surface area contributed by atoms with Gasteiger partial charge < -0.3 is 10.6 Å². The first-order valence-corrected chi connectivity index (χ1v) is 7.11. The normalized spacial score (nSPS) is 12.5. The van der Waals surface area contributed by atoms with Crippen LogP contribution >= 0.6 is 0 Å². The number of carbonyl (C=O) groups is 1. The van der Waals surface area contributed by atoms with Crippen LogP contribution in [-0.2, 0) is 11.2 Å². The van der Waals surface area contributed by atoms with Gasteiger partial charge in [-0.2, -0.15) is 0 Å². The van der Waals surface area contributed by atoms with Crippen molar-refractivity contribution in [1.82, 2.24) is 5.32 Å². The summed E-state index contributed by atoms with van der Waals surface area (Å²) >= 11 is 0. The largest absolute Gasteiger partial charge is 0.326 e. The maximum Gasteiger partial charge on any atom is 0.228 e. The molecule has 0 aliphatic rings. The molecular formula is C16H26N2O. The van der Waals surface area contributed by atoms with Gasteiger partial charge in [-0.25, -0.2) is 0 Å². The number of amides is 1. The Hall–Kier alpha value is -1.35. The second kappa shape index (κ2) is 7.95. The zero-order valence-corrected chi connectivity index (χ0v) is 12.5. The van der Waals surface area contributed by atoms with E-state index in [-0.39, 0.29) is 11.8 Å². The van der Waals surface area contributed by atoms with Crippen molar-refractivity contribution in [2.75, 3.05) is 18.9 Å². The van der Waals surface area contributed by atoms with Crippen LogP contribution in [0.2, 0.25) is 0 Å². The summed E-state index contributed by atoms with van der Waals surface area (Å²) in [7, 11) is 1.87. The Morgan fingerprint density at radius 2 is 1.84 bits per heavy atom. The van der Waals surface area contributed by atoms with Gasteiger partial charge in [0.15, 0.2) is 0 Å². The second-order valence-corrected chi connectivity index (χ2v) is 5.45. The van der Waals surface area contributed by atoms with Crippen LogP contribution in [0.4, 0.5) is 5.69 Å². The van der Waals surface area contributed by atoms with Crippen LogP contribution in [0.25, 0.3) is 0 Å². The van der Waals surface area contributed by atoms with E-state index in [0.29, 0.717) is 12.5 Å². The predicted molar refractivity (Wildman–Crippen MR) is 81.3 cm³/mol. The lowest BCUT2D eigenvalue weighted by molar-refractivity contribution is -0.119. The number of carbonyl (C=O) groups excluding carboxylic acids is 1. The molecule has 1 aromatic rings. The van der Waals surface area contributed by atoms with Crippen LogP contribution in [0.15, 0.2) is 24.3 Å². The number of rotatable bonds is 7. The lowest BCUT2D eigenvalue weighted by Crippen LogP contribution is -2.30. The van der Waals surface area contributed by atoms with E-state index < -0.39 is 0 Å². The summed E-state index contributed by atoms with van der Waals surface area (Å²) in [6.45, 7) is 7.17. The standard InChI is InChI=1S/C16H26N2O/c1-5-14(11-17-4)16(19)18-15-8-6-13(7-9-15)10-12(2)3/h6-9,12,14,17H,5,10-11H2,1-4H3,(H,18,19). The molecule has 3 heteroatoms. The highest BCUT2D eigenvalue weighted by molar-refractivity contribution is 5.92. The zero-order valence-electron chi connectivity index (χ0n) is 12.5. The minimum Gasteiger partial charge on any atom is -0.326 e. The molecule has 1 amide bonds. The molecule has 0 heterocycles. The van der Waals surface area contributed by atoms with Crippen molar-refractivity contribution < 1.29 is 4.79 Å². The second-order valence-electron chi connectivity index (χ2n) is 5.45. The average Bonchev–Trinajstić information content (AvgIpc) is 2.37. The van der Waals surface area contributed by atoms with Gasteiger partial charge >= 0.3 is 0 Å². The smallest absolute Gasteiger partial charge is 0.228 e. The SMILES string of the molecule is CCC(CNC)C(=O)Nc1ccc(CC(C)C)cc1. The van der Waals surface area contributed by atoms with Gasteiger partial charge in [-0.05, 0) is 43.5 Å². The Bertz CT molecular complexity index is 384. The molecule has 2 N–H and O–H groups in total. The Balaban J connectivity index is 2.59. The summed E-state index contributed by atoms with van der Waals surface area (Å²) in [6.07, 6.45) is 1.92. The van der Waals surface area contributed by atoms with Gasteiger partial charge in [0.1, 0.15) is 0 Å². The van der Waals surface area contributed by atoms with Gasteiger partial charge in [-0.1, -0.05) is 32.9 Å². The molecule has 1 unspecified atom stereocenters. The third-order valence-corrected chi connectivity index (χ3v) is 3.18. The highest BCUT2D eigenvalue weighted by Crippen LogP contribution is 2.14. The van der Waals surface area contributed by atoms with Crippen LogP contribution in [-0.4, -0.2) is 19.5 Å². The minimum atomic E-state index is 0.0281. The Morgan fingerprint density at radius 3 is 2.32 bits per heavy atom. The van der Waals surface area contributed by atoms with Crippen molar-refractivity contribution in [2.45, 2.75) is 33.6 Å². The van der Waals surface area contributed by atoms with E-state index in [1.54, 1.807) is 0 Å². The monoisotopic (exact) mass is 262 g/mol. The molecular weight excluding hydrogens is 236 g/mol. The van der Waals surface area contributed by atoms with E-state index in [1.807, 2.05) is 26.1 Å². The zero-order chi connectivity index (χ0) is 14.3.